The minimum atomic E-state index is -2.33. The topological polar surface area (TPSA) is 35.5 Å². The van der Waals surface area contributed by atoms with Gasteiger partial charge in [0.25, 0.3) is 0 Å². The van der Waals surface area contributed by atoms with Crippen molar-refractivity contribution >= 4 is 43.1 Å². The molecule has 82 valence electrons. The maximum Gasteiger partial charge on any atom is 0.319 e. The Hall–Kier alpha value is 1.02. The Morgan fingerprint density at radius 1 is 1.08 bits per heavy atom. The van der Waals surface area contributed by atoms with E-state index in [1.54, 1.807) is 0 Å². The van der Waals surface area contributed by atoms with Gasteiger partial charge in [0.15, 0.2) is 0 Å². The molecule has 0 aliphatic rings. The predicted octanol–water partition coefficient (Wildman–Crippen LogP) is 3.13. The Balaban J connectivity index is 0. The average Bonchev–Trinajstić information content (AvgIpc) is 2.12. The van der Waals surface area contributed by atoms with Crippen LogP contribution in [-0.2, 0) is 13.6 Å². The van der Waals surface area contributed by atoms with Crippen molar-refractivity contribution in [3.8, 4) is 0 Å². The highest BCUT2D eigenvalue weighted by atomic mass is 35.5. The highest BCUT2D eigenvalue weighted by molar-refractivity contribution is 7.33. The number of hydrogen-bond donors (Lipinski definition) is 0. The second kappa shape index (κ2) is 15.5. The zero-order valence-corrected chi connectivity index (χ0v) is 10.7. The van der Waals surface area contributed by atoms with E-state index in [-0.39, 0.29) is 13.2 Å². The minimum absolute atomic E-state index is 0.252. The second-order valence-electron chi connectivity index (χ2n) is 1.59. The molecule has 0 aromatic carbocycles. The second-order valence-corrected chi connectivity index (χ2v) is 3.96. The van der Waals surface area contributed by atoms with Crippen LogP contribution in [0.1, 0.15) is 6.92 Å². The molecule has 0 aliphatic carbocycles. The average molecular weight is 272 g/mol. The van der Waals surface area contributed by atoms with E-state index in [1.165, 1.54) is 0 Å². The van der Waals surface area contributed by atoms with E-state index in [4.69, 9.17) is 34.8 Å². The van der Waals surface area contributed by atoms with Gasteiger partial charge in [0.05, 0.1) is 13.2 Å². The molecule has 7 heteroatoms. The van der Waals surface area contributed by atoms with E-state index in [1.807, 2.05) is 6.92 Å². The van der Waals surface area contributed by atoms with Crippen LogP contribution in [-0.4, -0.2) is 30.9 Å². The molecule has 0 bridgehead atoms. The Morgan fingerprint density at radius 3 is 1.62 bits per heavy atom. The summed E-state index contributed by atoms with van der Waals surface area (Å²) in [5, 5.41) is 0. The quantitative estimate of drug-likeness (QED) is 0.550. The molecule has 0 aromatic rings. The molecule has 0 rings (SSSR count). The van der Waals surface area contributed by atoms with Crippen molar-refractivity contribution in [3.05, 3.63) is 0 Å². The lowest BCUT2D eigenvalue weighted by Gasteiger charge is -2.00. The van der Waals surface area contributed by atoms with E-state index in [2.05, 4.69) is 9.05 Å². The van der Waals surface area contributed by atoms with Gasteiger partial charge in [-0.2, -0.15) is 0 Å². The van der Waals surface area contributed by atoms with Gasteiger partial charge < -0.3 is 9.05 Å². The fourth-order valence-electron chi connectivity index (χ4n) is 0.285. The summed E-state index contributed by atoms with van der Waals surface area (Å²) in [6.45, 7) is 2.39. The van der Waals surface area contributed by atoms with Crippen molar-refractivity contribution in [2.45, 2.75) is 6.92 Å². The number of rotatable bonds is 6. The number of hydrogen-bond acceptors (Lipinski definition) is 3. The lowest BCUT2D eigenvalue weighted by atomic mass is 10.9. The fourth-order valence-corrected chi connectivity index (χ4v) is 1.32. The highest BCUT2D eigenvalue weighted by Crippen LogP contribution is 2.22. The van der Waals surface area contributed by atoms with Crippen LogP contribution in [0.4, 0.5) is 0 Å². The normalized spacial score (nSPS) is 9.62. The van der Waals surface area contributed by atoms with Crippen molar-refractivity contribution in [1.29, 1.82) is 0 Å². The Labute approximate surface area is 94.6 Å². The number of halogens is 3. The van der Waals surface area contributed by atoms with E-state index < -0.39 is 8.25 Å². The van der Waals surface area contributed by atoms with Crippen molar-refractivity contribution in [2.75, 3.05) is 30.9 Å². The SMILES string of the molecule is CCCl.O=[PH](OCCCl)OCCCl. The third kappa shape index (κ3) is 19.4. The third-order valence-electron chi connectivity index (χ3n) is 0.594. The van der Waals surface area contributed by atoms with Crippen LogP contribution in [0.15, 0.2) is 0 Å². The molecule has 0 N–H and O–H groups in total. The smallest absolute Gasteiger partial charge is 0.309 e. The summed E-state index contributed by atoms with van der Waals surface area (Å²) in [6.07, 6.45) is 0. The van der Waals surface area contributed by atoms with Gasteiger partial charge in [-0.25, -0.2) is 0 Å². The van der Waals surface area contributed by atoms with Crippen molar-refractivity contribution < 1.29 is 13.6 Å². The zero-order chi connectivity index (χ0) is 10.5. The zero-order valence-electron chi connectivity index (χ0n) is 7.39. The molecule has 0 atom stereocenters. The van der Waals surface area contributed by atoms with Crippen LogP contribution in [0.25, 0.3) is 0 Å². The Bertz CT molecular complexity index is 105. The first-order chi connectivity index (χ1) is 6.22. The maximum absolute atomic E-state index is 10.6. The van der Waals surface area contributed by atoms with Gasteiger partial charge in [0.1, 0.15) is 0 Å². The van der Waals surface area contributed by atoms with Gasteiger partial charge in [-0.3, -0.25) is 4.57 Å². The molecule has 0 aromatic heterocycles. The molecule has 13 heavy (non-hydrogen) atoms. The largest absolute Gasteiger partial charge is 0.319 e. The van der Waals surface area contributed by atoms with Gasteiger partial charge in [0.2, 0.25) is 0 Å². The highest BCUT2D eigenvalue weighted by Gasteiger charge is 1.96. The Morgan fingerprint density at radius 2 is 1.38 bits per heavy atom. The van der Waals surface area contributed by atoms with Gasteiger partial charge in [-0.05, 0) is 0 Å². The molecule has 0 saturated carbocycles. The third-order valence-corrected chi connectivity index (χ3v) is 1.78. The molecule has 0 amide bonds. The van der Waals surface area contributed by atoms with E-state index in [0.29, 0.717) is 11.8 Å². The molecule has 3 nitrogen and oxygen atoms in total. The van der Waals surface area contributed by atoms with Gasteiger partial charge in [-0.15, -0.1) is 34.8 Å². The summed E-state index contributed by atoms with van der Waals surface area (Å²) in [6, 6.07) is 0. The van der Waals surface area contributed by atoms with Crippen molar-refractivity contribution in [3.63, 3.8) is 0 Å². The number of alkyl halides is 3. The molecule has 0 heterocycles. The van der Waals surface area contributed by atoms with E-state index in [9.17, 15) is 4.57 Å². The molecule has 0 saturated heterocycles. The van der Waals surface area contributed by atoms with Gasteiger partial charge in [-0.1, -0.05) is 6.92 Å². The van der Waals surface area contributed by atoms with E-state index >= 15 is 0 Å². The minimum Gasteiger partial charge on any atom is -0.309 e. The first-order valence-corrected chi connectivity index (χ1v) is 6.53. The first-order valence-electron chi connectivity index (χ1n) is 3.70. The summed E-state index contributed by atoms with van der Waals surface area (Å²) in [5.74, 6) is 1.36. The molecule has 0 fully saturated rings. The van der Waals surface area contributed by atoms with Crippen LogP contribution < -0.4 is 0 Å². The summed E-state index contributed by atoms with van der Waals surface area (Å²) in [7, 11) is -2.33. The molecular formula is C6H14Cl3O3P. The van der Waals surface area contributed by atoms with Crippen LogP contribution in [0, 0.1) is 0 Å². The van der Waals surface area contributed by atoms with Crippen molar-refractivity contribution in [1.82, 2.24) is 0 Å². The monoisotopic (exact) mass is 270 g/mol. The standard InChI is InChI=1S/C4H9Cl2O3P.C2H5Cl/c5-1-3-8-10(7)9-4-2-6;1-2-3/h10H,1-4H2;2H2,1H3. The van der Waals surface area contributed by atoms with E-state index in [0.717, 1.165) is 5.88 Å². The maximum atomic E-state index is 10.6. The first kappa shape index (κ1) is 16.4. The predicted molar refractivity (Wildman–Crippen MR) is 58.7 cm³/mol. The molecule has 0 aliphatic heterocycles. The van der Waals surface area contributed by atoms with Gasteiger partial charge >= 0.3 is 8.25 Å². The fraction of sp³-hybridized carbons (Fsp3) is 1.00. The van der Waals surface area contributed by atoms with Crippen LogP contribution in [0.5, 0.6) is 0 Å². The molecule has 0 radical (unpaired) electrons. The summed E-state index contributed by atoms with van der Waals surface area (Å²) in [4.78, 5) is 0. The van der Waals surface area contributed by atoms with Crippen LogP contribution in [0.3, 0.4) is 0 Å². The summed E-state index contributed by atoms with van der Waals surface area (Å²) >= 11 is 15.5. The van der Waals surface area contributed by atoms with Crippen LogP contribution in [0.2, 0.25) is 0 Å². The van der Waals surface area contributed by atoms with Gasteiger partial charge in [0, 0.05) is 17.6 Å². The summed E-state index contributed by atoms with van der Waals surface area (Å²) in [5.41, 5.74) is 0. The Kier molecular flexibility index (Phi) is 19.6. The lowest BCUT2D eigenvalue weighted by Crippen LogP contribution is -1.91. The molecule has 0 unspecified atom stereocenters. The molecule has 0 spiro atoms. The van der Waals surface area contributed by atoms with Crippen LogP contribution >= 0.6 is 43.1 Å². The lowest BCUT2D eigenvalue weighted by molar-refractivity contribution is 0.245. The summed E-state index contributed by atoms with van der Waals surface area (Å²) < 4.78 is 19.8. The van der Waals surface area contributed by atoms with Crippen molar-refractivity contribution in [2.24, 2.45) is 0 Å². The molecular weight excluding hydrogens is 257 g/mol.